The van der Waals surface area contributed by atoms with E-state index >= 15 is 0 Å². The van der Waals surface area contributed by atoms with Crippen molar-refractivity contribution in [1.29, 1.82) is 0 Å². The normalized spacial score (nSPS) is 11.9. The van der Waals surface area contributed by atoms with E-state index in [1.165, 1.54) is 16.9 Å². The van der Waals surface area contributed by atoms with E-state index in [0.717, 1.165) is 0 Å². The zero-order valence-electron chi connectivity index (χ0n) is 10.0. The average molecular weight is 262 g/mol. The highest BCUT2D eigenvalue weighted by molar-refractivity contribution is 7.89. The molecule has 0 unspecified atom stereocenters. The lowest BCUT2D eigenvalue weighted by Gasteiger charge is -2.07. The smallest absolute Gasteiger partial charge is 0.257 e. The lowest BCUT2D eigenvalue weighted by Crippen LogP contribution is -2.33. The summed E-state index contributed by atoms with van der Waals surface area (Å²) < 4.78 is 32.2. The summed E-state index contributed by atoms with van der Waals surface area (Å²) in [4.78, 5) is 0. The summed E-state index contributed by atoms with van der Waals surface area (Å²) in [5.74, 6) is 0. The Hall–Kier alpha value is -0.960. The quantitative estimate of drug-likeness (QED) is 0.583. The second-order valence-corrected chi connectivity index (χ2v) is 5.15. The molecule has 1 heterocycles. The molecule has 1 aromatic rings. The van der Waals surface area contributed by atoms with Crippen LogP contribution >= 0.6 is 0 Å². The van der Waals surface area contributed by atoms with Crippen molar-refractivity contribution in [3.05, 3.63) is 12.3 Å². The Kier molecular flexibility index (Phi) is 5.56. The van der Waals surface area contributed by atoms with E-state index < -0.39 is 10.0 Å². The summed E-state index contributed by atoms with van der Waals surface area (Å²) in [5, 5.41) is 7.02. The summed E-state index contributed by atoms with van der Waals surface area (Å²) in [6.07, 6.45) is 1.45. The fourth-order valence-corrected chi connectivity index (χ4v) is 2.43. The molecule has 0 spiro atoms. The first-order valence-corrected chi connectivity index (χ1v) is 6.73. The third-order valence-electron chi connectivity index (χ3n) is 2.13. The van der Waals surface area contributed by atoms with E-state index in [9.17, 15) is 8.42 Å². The Morgan fingerprint density at radius 1 is 1.41 bits per heavy atom. The Morgan fingerprint density at radius 2 is 2.18 bits per heavy atom. The van der Waals surface area contributed by atoms with Gasteiger partial charge in [-0.1, -0.05) is 0 Å². The van der Waals surface area contributed by atoms with Gasteiger partial charge in [-0.3, -0.25) is 4.68 Å². The van der Waals surface area contributed by atoms with Crippen LogP contribution in [0.4, 0.5) is 0 Å². The molecule has 0 aromatic carbocycles. The number of aromatic nitrogens is 2. The van der Waals surface area contributed by atoms with Crippen LogP contribution in [-0.4, -0.2) is 51.5 Å². The highest BCUT2D eigenvalue weighted by atomic mass is 32.2. The molecule has 0 atom stereocenters. The number of hydrogen-bond acceptors (Lipinski definition) is 5. The summed E-state index contributed by atoms with van der Waals surface area (Å²) >= 11 is 0. The standard InChI is InChI=1S/C9H18N4O3S/c1-13-9(3-4-11-13)17(14,15)12-6-5-10-7-8-16-2/h3-4,10,12H,5-8H2,1-2H3. The fraction of sp³-hybridized carbons (Fsp3) is 0.667. The SMILES string of the molecule is COCCNCCNS(=O)(=O)c1ccnn1C. The van der Waals surface area contributed by atoms with Crippen LogP contribution in [0.5, 0.6) is 0 Å². The summed E-state index contributed by atoms with van der Waals surface area (Å²) in [6, 6.07) is 1.46. The zero-order valence-corrected chi connectivity index (χ0v) is 10.8. The van der Waals surface area contributed by atoms with Crippen molar-refractivity contribution in [1.82, 2.24) is 19.8 Å². The van der Waals surface area contributed by atoms with Crippen LogP contribution in [0.3, 0.4) is 0 Å². The molecule has 0 fully saturated rings. The van der Waals surface area contributed by atoms with E-state index in [4.69, 9.17) is 4.74 Å². The lowest BCUT2D eigenvalue weighted by atomic mass is 10.6. The van der Waals surface area contributed by atoms with Gasteiger partial charge in [0.25, 0.3) is 10.0 Å². The van der Waals surface area contributed by atoms with E-state index in [-0.39, 0.29) is 5.03 Å². The zero-order chi connectivity index (χ0) is 12.7. The molecule has 0 aliphatic rings. The van der Waals surface area contributed by atoms with Gasteiger partial charge in [0.05, 0.1) is 12.8 Å². The summed E-state index contributed by atoms with van der Waals surface area (Å²) in [6.45, 7) is 2.19. The van der Waals surface area contributed by atoms with E-state index in [1.54, 1.807) is 14.2 Å². The monoisotopic (exact) mass is 262 g/mol. The van der Waals surface area contributed by atoms with Crippen molar-refractivity contribution in [3.63, 3.8) is 0 Å². The number of aryl methyl sites for hydroxylation is 1. The first-order chi connectivity index (χ1) is 8.08. The molecular formula is C9H18N4O3S. The van der Waals surface area contributed by atoms with Crippen molar-refractivity contribution >= 4 is 10.0 Å². The molecule has 2 N–H and O–H groups in total. The van der Waals surface area contributed by atoms with Crippen molar-refractivity contribution in [2.75, 3.05) is 33.4 Å². The summed E-state index contributed by atoms with van der Waals surface area (Å²) in [7, 11) is -0.255. The molecular weight excluding hydrogens is 244 g/mol. The average Bonchev–Trinajstić information content (AvgIpc) is 2.70. The number of nitrogens with one attached hydrogen (secondary N) is 2. The van der Waals surface area contributed by atoms with Gasteiger partial charge in [-0.2, -0.15) is 5.10 Å². The molecule has 98 valence electrons. The van der Waals surface area contributed by atoms with Crippen LogP contribution in [0.15, 0.2) is 17.3 Å². The maximum absolute atomic E-state index is 11.8. The van der Waals surface area contributed by atoms with Gasteiger partial charge in [0.2, 0.25) is 0 Å². The molecule has 1 aromatic heterocycles. The molecule has 7 nitrogen and oxygen atoms in total. The first kappa shape index (κ1) is 14.1. The molecule has 0 radical (unpaired) electrons. The first-order valence-electron chi connectivity index (χ1n) is 5.25. The number of sulfonamides is 1. The van der Waals surface area contributed by atoms with Gasteiger partial charge in [0.15, 0.2) is 5.03 Å². The van der Waals surface area contributed by atoms with Crippen molar-refractivity contribution in [3.8, 4) is 0 Å². The predicted molar refractivity (Wildman–Crippen MR) is 63.1 cm³/mol. The lowest BCUT2D eigenvalue weighted by molar-refractivity contribution is 0.199. The summed E-state index contributed by atoms with van der Waals surface area (Å²) in [5.41, 5.74) is 0. The van der Waals surface area contributed by atoms with Gasteiger partial charge >= 0.3 is 0 Å². The van der Waals surface area contributed by atoms with E-state index in [0.29, 0.717) is 26.2 Å². The largest absolute Gasteiger partial charge is 0.383 e. The van der Waals surface area contributed by atoms with Gasteiger partial charge in [-0.25, -0.2) is 13.1 Å². The highest BCUT2D eigenvalue weighted by Crippen LogP contribution is 2.04. The minimum atomic E-state index is -3.46. The van der Waals surface area contributed by atoms with E-state index in [2.05, 4.69) is 15.1 Å². The minimum Gasteiger partial charge on any atom is -0.383 e. The number of hydrogen-bond donors (Lipinski definition) is 2. The van der Waals surface area contributed by atoms with Crippen LogP contribution < -0.4 is 10.0 Å². The Labute approximate surface area is 101 Å². The number of nitrogens with zero attached hydrogens (tertiary/aromatic N) is 2. The van der Waals surface area contributed by atoms with Crippen LogP contribution in [-0.2, 0) is 21.8 Å². The van der Waals surface area contributed by atoms with Gasteiger partial charge in [-0.05, 0) is 6.07 Å². The molecule has 8 heteroatoms. The Balaban J connectivity index is 2.34. The second kappa shape index (κ2) is 6.70. The molecule has 17 heavy (non-hydrogen) atoms. The molecule has 0 bridgehead atoms. The molecule has 0 saturated heterocycles. The fourth-order valence-electron chi connectivity index (χ4n) is 1.27. The molecule has 0 saturated carbocycles. The number of rotatable bonds is 8. The molecule has 0 amide bonds. The topological polar surface area (TPSA) is 85.2 Å². The van der Waals surface area contributed by atoms with Gasteiger partial charge in [0.1, 0.15) is 0 Å². The maximum atomic E-state index is 11.8. The Bertz CT molecular complexity index is 429. The highest BCUT2D eigenvalue weighted by Gasteiger charge is 2.16. The Morgan fingerprint density at radius 3 is 2.76 bits per heavy atom. The van der Waals surface area contributed by atoms with Gasteiger partial charge in [-0.15, -0.1) is 0 Å². The number of ether oxygens (including phenoxy) is 1. The molecule has 0 aliphatic carbocycles. The van der Waals surface area contributed by atoms with Gasteiger partial charge in [0, 0.05) is 33.8 Å². The third-order valence-corrected chi connectivity index (χ3v) is 3.66. The maximum Gasteiger partial charge on any atom is 0.257 e. The minimum absolute atomic E-state index is 0.161. The van der Waals surface area contributed by atoms with E-state index in [1.807, 2.05) is 0 Å². The van der Waals surface area contributed by atoms with Crippen LogP contribution in [0.25, 0.3) is 0 Å². The van der Waals surface area contributed by atoms with Crippen molar-refractivity contribution in [2.24, 2.45) is 7.05 Å². The van der Waals surface area contributed by atoms with Crippen molar-refractivity contribution in [2.45, 2.75) is 5.03 Å². The van der Waals surface area contributed by atoms with Crippen molar-refractivity contribution < 1.29 is 13.2 Å². The third kappa shape index (κ3) is 4.43. The number of methoxy groups -OCH3 is 1. The van der Waals surface area contributed by atoms with Gasteiger partial charge < -0.3 is 10.1 Å². The molecule has 1 rings (SSSR count). The predicted octanol–water partition coefficient (Wildman–Crippen LogP) is -1.07. The van der Waals surface area contributed by atoms with Crippen LogP contribution in [0, 0.1) is 0 Å². The molecule has 0 aliphatic heterocycles. The second-order valence-electron chi connectivity index (χ2n) is 3.43. The van der Waals surface area contributed by atoms with Crippen LogP contribution in [0.2, 0.25) is 0 Å². The van der Waals surface area contributed by atoms with Crippen LogP contribution in [0.1, 0.15) is 0 Å².